The van der Waals surface area contributed by atoms with E-state index in [9.17, 15) is 31.1 Å². The van der Waals surface area contributed by atoms with E-state index in [-0.39, 0.29) is 17.4 Å². The molecular formula is C25H27F6N3O6. The van der Waals surface area contributed by atoms with E-state index >= 15 is 0 Å². The van der Waals surface area contributed by atoms with Crippen molar-refractivity contribution in [1.29, 1.82) is 0 Å². The van der Waals surface area contributed by atoms with Crippen LogP contribution in [0, 0.1) is 5.41 Å². The lowest BCUT2D eigenvalue weighted by Gasteiger charge is -2.42. The van der Waals surface area contributed by atoms with Crippen LogP contribution in [0.2, 0.25) is 0 Å². The van der Waals surface area contributed by atoms with Crippen LogP contribution in [0.3, 0.4) is 0 Å². The van der Waals surface area contributed by atoms with Crippen LogP contribution in [0.4, 0.5) is 26.3 Å². The third-order valence-electron chi connectivity index (χ3n) is 6.59. The van der Waals surface area contributed by atoms with Gasteiger partial charge in [-0.3, -0.25) is 14.7 Å². The Kier molecular flexibility index (Phi) is 9.61. The molecule has 0 unspecified atom stereocenters. The maximum atomic E-state index is 13.0. The van der Waals surface area contributed by atoms with E-state index in [4.69, 9.17) is 29.5 Å². The van der Waals surface area contributed by atoms with Crippen molar-refractivity contribution in [2.45, 2.75) is 56.7 Å². The van der Waals surface area contributed by atoms with Crippen molar-refractivity contribution in [1.82, 2.24) is 15.2 Å². The van der Waals surface area contributed by atoms with Gasteiger partial charge in [0, 0.05) is 37.7 Å². The fourth-order valence-corrected chi connectivity index (χ4v) is 4.47. The number of benzene rings is 1. The number of para-hydroxylation sites is 1. The van der Waals surface area contributed by atoms with E-state index in [1.54, 1.807) is 0 Å². The molecular weight excluding hydrogens is 552 g/mol. The number of carboxylic acid groups (broad SMARTS) is 2. The summed E-state index contributed by atoms with van der Waals surface area (Å²) in [4.78, 5) is 38.0. The minimum Gasteiger partial charge on any atom is -0.475 e. The largest absolute Gasteiger partial charge is 0.490 e. The van der Waals surface area contributed by atoms with Gasteiger partial charge in [-0.1, -0.05) is 24.3 Å². The summed E-state index contributed by atoms with van der Waals surface area (Å²) in [6.07, 6.45) is -6.10. The maximum Gasteiger partial charge on any atom is 0.490 e. The number of halogens is 6. The number of fused-ring (bicyclic) bond motifs is 2. The molecule has 0 bridgehead atoms. The Hall–Kier alpha value is -3.46. The van der Waals surface area contributed by atoms with Gasteiger partial charge in [0.2, 0.25) is 5.91 Å². The molecule has 1 aromatic carbocycles. The van der Waals surface area contributed by atoms with Gasteiger partial charge in [-0.05, 0) is 37.8 Å². The Labute approximate surface area is 224 Å². The Morgan fingerprint density at radius 1 is 0.975 bits per heavy atom. The molecule has 1 saturated carbocycles. The van der Waals surface area contributed by atoms with Crippen LogP contribution < -0.4 is 5.32 Å². The number of carbonyl (C=O) groups is 3. The molecule has 3 N–H and O–H groups in total. The van der Waals surface area contributed by atoms with Crippen molar-refractivity contribution in [3.05, 3.63) is 42.1 Å². The summed E-state index contributed by atoms with van der Waals surface area (Å²) in [5.41, 5.74) is 1.72. The van der Waals surface area contributed by atoms with Crippen molar-refractivity contribution in [2.75, 3.05) is 19.7 Å². The number of nitrogens with one attached hydrogen (secondary N) is 1. The summed E-state index contributed by atoms with van der Waals surface area (Å²) in [5.74, 6) is -5.31. The number of likely N-dealkylation sites (tertiary alicyclic amines) is 1. The van der Waals surface area contributed by atoms with E-state index in [1.165, 1.54) is 5.39 Å². The molecule has 3 fully saturated rings. The van der Waals surface area contributed by atoms with Crippen molar-refractivity contribution in [2.24, 2.45) is 5.41 Å². The lowest BCUT2D eigenvalue weighted by atomic mass is 9.75. The maximum absolute atomic E-state index is 13.0. The minimum atomic E-state index is -5.08. The molecule has 1 amide bonds. The summed E-state index contributed by atoms with van der Waals surface area (Å²) in [6.45, 7) is 3.21. The minimum absolute atomic E-state index is 0.0714. The highest BCUT2D eigenvalue weighted by Crippen LogP contribution is 2.42. The highest BCUT2D eigenvalue weighted by molar-refractivity contribution is 5.84. The number of aliphatic carboxylic acids is 2. The number of carbonyl (C=O) groups excluding carboxylic acids is 1. The van der Waals surface area contributed by atoms with Crippen LogP contribution in [0.1, 0.15) is 31.4 Å². The van der Waals surface area contributed by atoms with Gasteiger partial charge in [0.05, 0.1) is 22.7 Å². The van der Waals surface area contributed by atoms with Gasteiger partial charge in [0.15, 0.2) is 0 Å². The molecule has 1 aromatic heterocycles. The van der Waals surface area contributed by atoms with E-state index in [0.29, 0.717) is 12.6 Å². The van der Waals surface area contributed by atoms with Gasteiger partial charge in [-0.15, -0.1) is 0 Å². The Morgan fingerprint density at radius 2 is 1.57 bits per heavy atom. The zero-order valence-corrected chi connectivity index (χ0v) is 21.0. The molecule has 9 nitrogen and oxygen atoms in total. The fraction of sp³-hybridized carbons (Fsp3) is 0.520. The van der Waals surface area contributed by atoms with E-state index in [1.807, 2.05) is 12.1 Å². The Balaban J connectivity index is 0.000000263. The monoisotopic (exact) mass is 579 g/mol. The summed E-state index contributed by atoms with van der Waals surface area (Å²) in [7, 11) is 0. The molecule has 1 aliphatic carbocycles. The zero-order chi connectivity index (χ0) is 29.7. The standard InChI is InChI=1S/C21H25N3O2.2C2HF3O2/c25-20(23-16-7-8-16)21-10-12-26-19(21)9-11-24(14-21)13-17-6-5-15-3-1-2-4-18(15)22-17;2*3-2(4,5)1(6)7/h1-6,16,19H,7-14H2,(H,23,25);2*(H,6,7)/t19-,21-;;/m1../s1. The summed E-state index contributed by atoms with van der Waals surface area (Å²) >= 11 is 0. The van der Waals surface area contributed by atoms with Crippen molar-refractivity contribution in [3.63, 3.8) is 0 Å². The van der Waals surface area contributed by atoms with Gasteiger partial charge in [0.1, 0.15) is 0 Å². The number of rotatable bonds is 4. The number of pyridine rings is 1. The first-order valence-electron chi connectivity index (χ1n) is 12.2. The first-order valence-corrected chi connectivity index (χ1v) is 12.2. The number of carboxylic acids is 2. The number of ether oxygens (including phenoxy) is 1. The average Bonchev–Trinajstić information content (AvgIpc) is 3.58. The molecule has 2 aromatic rings. The van der Waals surface area contributed by atoms with E-state index in [0.717, 1.165) is 56.5 Å². The lowest BCUT2D eigenvalue weighted by Crippen LogP contribution is -2.57. The molecule has 2 aliphatic heterocycles. The molecule has 2 saturated heterocycles. The number of aromatic nitrogens is 1. The quantitative estimate of drug-likeness (QED) is 0.468. The second-order valence-corrected chi connectivity index (χ2v) is 9.61. The van der Waals surface area contributed by atoms with Crippen LogP contribution in [0.25, 0.3) is 10.9 Å². The predicted molar refractivity (Wildman–Crippen MR) is 127 cm³/mol. The van der Waals surface area contributed by atoms with Crippen molar-refractivity contribution in [3.8, 4) is 0 Å². The number of nitrogens with zero attached hydrogens (tertiary/aromatic N) is 2. The number of alkyl halides is 6. The SMILES string of the molecule is O=C(NC1CC1)[C@@]12CCO[C@@H]1CCN(Cc1ccc3ccccc3n1)C2.O=C(O)C(F)(F)F.O=C(O)C(F)(F)F. The number of amides is 1. The van der Waals surface area contributed by atoms with Gasteiger partial charge >= 0.3 is 24.3 Å². The third-order valence-corrected chi connectivity index (χ3v) is 6.59. The summed E-state index contributed by atoms with van der Waals surface area (Å²) in [6, 6.07) is 12.9. The molecule has 0 spiro atoms. The molecule has 3 aliphatic rings. The highest BCUT2D eigenvalue weighted by Gasteiger charge is 2.53. The van der Waals surface area contributed by atoms with Crippen LogP contribution in [0.15, 0.2) is 36.4 Å². The van der Waals surface area contributed by atoms with Crippen molar-refractivity contribution >= 4 is 28.7 Å². The van der Waals surface area contributed by atoms with Gasteiger partial charge in [-0.2, -0.15) is 26.3 Å². The predicted octanol–water partition coefficient (Wildman–Crippen LogP) is 3.76. The Morgan fingerprint density at radius 3 is 2.15 bits per heavy atom. The first-order chi connectivity index (χ1) is 18.6. The molecule has 15 heteroatoms. The lowest BCUT2D eigenvalue weighted by molar-refractivity contribution is -0.193. The number of hydrogen-bond acceptors (Lipinski definition) is 6. The molecule has 220 valence electrons. The number of piperidine rings is 1. The normalized spacial score (nSPS) is 22.7. The number of hydrogen-bond donors (Lipinski definition) is 3. The van der Waals surface area contributed by atoms with Gasteiger partial charge in [-0.25, -0.2) is 9.59 Å². The Bertz CT molecular complexity index is 1200. The third kappa shape index (κ3) is 8.27. The van der Waals surface area contributed by atoms with Gasteiger partial charge < -0.3 is 20.3 Å². The van der Waals surface area contributed by atoms with Crippen molar-refractivity contribution < 1.29 is 55.7 Å². The molecule has 2 atom stereocenters. The molecule has 40 heavy (non-hydrogen) atoms. The average molecular weight is 579 g/mol. The second kappa shape index (κ2) is 12.4. The zero-order valence-electron chi connectivity index (χ0n) is 21.0. The van der Waals surface area contributed by atoms with Crippen LogP contribution in [-0.4, -0.2) is 82.1 Å². The van der Waals surface area contributed by atoms with E-state index < -0.39 is 24.3 Å². The second-order valence-electron chi connectivity index (χ2n) is 9.61. The summed E-state index contributed by atoms with van der Waals surface area (Å²) < 4.78 is 69.4. The molecule has 0 radical (unpaired) electrons. The van der Waals surface area contributed by atoms with Gasteiger partial charge in [0.25, 0.3) is 0 Å². The highest BCUT2D eigenvalue weighted by atomic mass is 19.4. The summed E-state index contributed by atoms with van der Waals surface area (Å²) in [5, 5.41) is 18.6. The van der Waals surface area contributed by atoms with Crippen LogP contribution in [0.5, 0.6) is 0 Å². The van der Waals surface area contributed by atoms with Crippen LogP contribution in [-0.2, 0) is 25.7 Å². The smallest absolute Gasteiger partial charge is 0.475 e. The first kappa shape index (κ1) is 31.1. The van der Waals surface area contributed by atoms with E-state index in [2.05, 4.69) is 34.5 Å². The molecule has 3 heterocycles. The topological polar surface area (TPSA) is 129 Å². The fourth-order valence-electron chi connectivity index (χ4n) is 4.47. The van der Waals surface area contributed by atoms with Crippen LogP contribution >= 0.6 is 0 Å². The molecule has 5 rings (SSSR count).